The predicted molar refractivity (Wildman–Crippen MR) is 68.4 cm³/mol. The average Bonchev–Trinajstić information content (AvgIpc) is 1.70. The quantitative estimate of drug-likeness (QED) is 0.728. The van der Waals surface area contributed by atoms with Crippen LogP contribution in [0.2, 0.25) is 45.8 Å². The minimum Gasteiger partial charge on any atom is -0.416 e. The van der Waals surface area contributed by atoms with Gasteiger partial charge in [0, 0.05) is 0 Å². The maximum Gasteiger partial charge on any atom is 0.547 e. The van der Waals surface area contributed by atoms with E-state index in [-0.39, 0.29) is 0 Å². The Morgan fingerprint density at radius 2 is 1.33 bits per heavy atom. The van der Waals surface area contributed by atoms with E-state index >= 15 is 0 Å². The zero-order valence-corrected chi connectivity index (χ0v) is 14.6. The Balaban J connectivity index is 2.68. The van der Waals surface area contributed by atoms with Crippen LogP contribution in [-0.2, 0) is 16.5 Å². The molecule has 0 bridgehead atoms. The van der Waals surface area contributed by atoms with Crippen LogP contribution in [0.5, 0.6) is 0 Å². The van der Waals surface area contributed by atoms with Gasteiger partial charge in [0.1, 0.15) is 0 Å². The first-order valence-electron chi connectivity index (χ1n) is 5.13. The van der Waals surface area contributed by atoms with Crippen molar-refractivity contribution < 1.29 is 16.5 Å². The lowest BCUT2D eigenvalue weighted by molar-refractivity contribution is 0.197. The van der Waals surface area contributed by atoms with Crippen molar-refractivity contribution in [2.45, 2.75) is 45.8 Å². The maximum atomic E-state index is 5.94. The van der Waals surface area contributed by atoms with Gasteiger partial charge in [0.05, 0.1) is 0 Å². The van der Waals surface area contributed by atoms with E-state index in [1.54, 1.807) is 0 Å². The highest BCUT2D eigenvalue weighted by Gasteiger charge is 2.49. The van der Waals surface area contributed by atoms with Gasteiger partial charge in [-0.25, -0.2) is 0 Å². The Morgan fingerprint density at radius 3 is 1.67 bits per heavy atom. The van der Waals surface area contributed by atoms with Gasteiger partial charge in [-0.3, -0.25) is 0 Å². The first-order chi connectivity index (χ1) is 6.49. The topological polar surface area (TPSA) is 36.9 Å². The van der Waals surface area contributed by atoms with Crippen molar-refractivity contribution in [1.29, 1.82) is 0 Å². The number of hydrogen-bond donors (Lipinski definition) is 0. The van der Waals surface area contributed by atoms with Gasteiger partial charge in [0.25, 0.3) is 0 Å². The van der Waals surface area contributed by atoms with Crippen LogP contribution in [-0.4, -0.2) is 35.0 Å². The molecule has 8 heteroatoms. The molecule has 0 saturated carbocycles. The van der Waals surface area contributed by atoms with Crippen molar-refractivity contribution in [2.75, 3.05) is 0 Å². The fraction of sp³-hybridized carbons (Fsp3) is 1.00. The van der Waals surface area contributed by atoms with Gasteiger partial charge >= 0.3 is 26.6 Å². The van der Waals surface area contributed by atoms with Crippen molar-refractivity contribution in [3.8, 4) is 0 Å². The molecule has 1 saturated heterocycles. The van der Waals surface area contributed by atoms with E-state index < -0.39 is 35.0 Å². The average molecular weight is 282 g/mol. The van der Waals surface area contributed by atoms with Gasteiger partial charge in [0.15, 0.2) is 8.32 Å². The molecule has 0 aliphatic carbocycles. The molecule has 1 rings (SSSR count). The van der Waals surface area contributed by atoms with Gasteiger partial charge in [0.2, 0.25) is 0 Å². The second-order valence-corrected chi connectivity index (χ2v) is 19.2. The monoisotopic (exact) mass is 281 g/mol. The summed E-state index contributed by atoms with van der Waals surface area (Å²) >= 11 is 0. The summed E-state index contributed by atoms with van der Waals surface area (Å²) in [6.07, 6.45) is 0. The Morgan fingerprint density at radius 1 is 0.933 bits per heavy atom. The van der Waals surface area contributed by atoms with Crippen LogP contribution in [0.4, 0.5) is 0 Å². The third-order valence-corrected chi connectivity index (χ3v) is 13.9. The van der Waals surface area contributed by atoms with E-state index in [2.05, 4.69) is 45.8 Å². The van der Waals surface area contributed by atoms with E-state index in [0.29, 0.717) is 0 Å². The molecule has 1 aliphatic heterocycles. The molecule has 89 valence electrons. The molecule has 0 N–H and O–H groups in total. The van der Waals surface area contributed by atoms with Crippen molar-refractivity contribution >= 4 is 35.0 Å². The summed E-state index contributed by atoms with van der Waals surface area (Å²) in [4.78, 5) is 0. The fourth-order valence-electron chi connectivity index (χ4n) is 1.35. The molecule has 1 heterocycles. The van der Waals surface area contributed by atoms with Crippen LogP contribution >= 0.6 is 0 Å². The fourth-order valence-corrected chi connectivity index (χ4v) is 14.0. The summed E-state index contributed by atoms with van der Waals surface area (Å²) < 4.78 is 23.5. The number of hydrogen-bond acceptors (Lipinski definition) is 4. The lowest BCUT2D eigenvalue weighted by Gasteiger charge is -2.42. The zero-order valence-electron chi connectivity index (χ0n) is 10.6. The highest BCUT2D eigenvalue weighted by molar-refractivity contribution is 6.88. The molecule has 4 nitrogen and oxygen atoms in total. The molecule has 1 fully saturated rings. The smallest absolute Gasteiger partial charge is 0.416 e. The van der Waals surface area contributed by atoms with Crippen LogP contribution in [0.3, 0.4) is 0 Å². The molecule has 15 heavy (non-hydrogen) atoms. The van der Waals surface area contributed by atoms with E-state index in [0.717, 1.165) is 0 Å². The van der Waals surface area contributed by atoms with Crippen LogP contribution in [0, 0.1) is 0 Å². The minimum absolute atomic E-state index is 1.56. The van der Waals surface area contributed by atoms with Gasteiger partial charge in [-0.2, -0.15) is 0 Å². The summed E-state index contributed by atoms with van der Waals surface area (Å²) in [6, 6.07) is 0. The molecule has 0 amide bonds. The van der Waals surface area contributed by atoms with Gasteiger partial charge < -0.3 is 16.5 Å². The van der Waals surface area contributed by atoms with Crippen molar-refractivity contribution in [3.05, 3.63) is 0 Å². The number of rotatable bonds is 2. The van der Waals surface area contributed by atoms with Gasteiger partial charge in [-0.1, -0.05) is 0 Å². The summed E-state index contributed by atoms with van der Waals surface area (Å²) in [5.74, 6) is 0. The molecule has 0 atom stereocenters. The molecular formula is C7H21O4Si4. The SMILES string of the molecule is C[Si](C)(C)O[Si]1O[Si](C)(C)O[Si](C)(C)O1. The molecular weight excluding hydrogens is 260 g/mol. The third-order valence-electron chi connectivity index (χ3n) is 1.54. The van der Waals surface area contributed by atoms with Crippen LogP contribution in [0.1, 0.15) is 0 Å². The maximum absolute atomic E-state index is 5.94. The zero-order chi connectivity index (χ0) is 11.9. The molecule has 1 aliphatic rings. The largest absolute Gasteiger partial charge is 0.547 e. The molecule has 0 spiro atoms. The lowest BCUT2D eigenvalue weighted by Crippen LogP contribution is -2.62. The standard InChI is InChI=1S/C7H21O4Si4/c1-13(2,3)8-12-9-14(4,5)11-15(6,7)10-12/h1-7H3. The minimum atomic E-state index is -2.01. The third kappa shape index (κ3) is 5.04. The Hall–Kier alpha value is 0.708. The summed E-state index contributed by atoms with van der Waals surface area (Å²) in [5.41, 5.74) is 0. The highest BCUT2D eigenvalue weighted by Crippen LogP contribution is 2.26. The van der Waals surface area contributed by atoms with E-state index in [4.69, 9.17) is 16.5 Å². The second kappa shape index (κ2) is 4.18. The molecule has 0 unspecified atom stereocenters. The van der Waals surface area contributed by atoms with Crippen molar-refractivity contribution in [3.63, 3.8) is 0 Å². The second-order valence-electron chi connectivity index (χ2n) is 5.57. The Labute approximate surface area is 97.5 Å². The van der Waals surface area contributed by atoms with E-state index in [1.807, 2.05) is 0 Å². The summed E-state index contributed by atoms with van der Waals surface area (Å²) in [5, 5.41) is 0. The first kappa shape index (κ1) is 13.8. The van der Waals surface area contributed by atoms with Crippen LogP contribution in [0.25, 0.3) is 0 Å². The summed E-state index contributed by atoms with van der Waals surface area (Å²) in [7, 11) is -7.16. The summed E-state index contributed by atoms with van der Waals surface area (Å²) in [6.45, 7) is 14.7. The van der Waals surface area contributed by atoms with Crippen LogP contribution < -0.4 is 0 Å². The highest BCUT2D eigenvalue weighted by atomic mass is 28.5. The Bertz CT molecular complexity index is 219. The van der Waals surface area contributed by atoms with Crippen molar-refractivity contribution in [2.24, 2.45) is 0 Å². The first-order valence-corrected chi connectivity index (χ1v) is 15.4. The lowest BCUT2D eigenvalue weighted by atomic mass is 11.8. The predicted octanol–water partition coefficient (Wildman–Crippen LogP) is 2.29. The Kier molecular flexibility index (Phi) is 3.84. The molecule has 0 aromatic carbocycles. The van der Waals surface area contributed by atoms with Gasteiger partial charge in [-0.05, 0) is 45.8 Å². The molecule has 0 aromatic rings. The normalized spacial score (nSPS) is 26.6. The molecule has 0 aromatic heterocycles. The van der Waals surface area contributed by atoms with E-state index in [9.17, 15) is 0 Å². The van der Waals surface area contributed by atoms with Gasteiger partial charge in [-0.15, -0.1) is 0 Å². The van der Waals surface area contributed by atoms with Crippen molar-refractivity contribution in [1.82, 2.24) is 0 Å². The molecule has 1 radical (unpaired) electrons. The van der Waals surface area contributed by atoms with Crippen LogP contribution in [0.15, 0.2) is 0 Å². The van der Waals surface area contributed by atoms with E-state index in [1.165, 1.54) is 0 Å².